The number of anilines is 1. The molecule has 0 atom stereocenters. The van der Waals surface area contributed by atoms with Crippen LogP contribution in [0.1, 0.15) is 17.2 Å². The molecule has 1 aliphatic rings. The lowest BCUT2D eigenvalue weighted by Crippen LogP contribution is -2.45. The van der Waals surface area contributed by atoms with Gasteiger partial charge in [-0.25, -0.2) is 14.4 Å². The lowest BCUT2D eigenvalue weighted by molar-refractivity contribution is -0.137. The predicted octanol–water partition coefficient (Wildman–Crippen LogP) is 3.25. The van der Waals surface area contributed by atoms with Crippen molar-refractivity contribution >= 4 is 5.69 Å². The Bertz CT molecular complexity index is 714. The van der Waals surface area contributed by atoms with E-state index in [1.165, 1.54) is 13.4 Å². The third-order valence-corrected chi connectivity index (χ3v) is 3.75. The molecule has 122 valence electrons. The van der Waals surface area contributed by atoms with Gasteiger partial charge in [0.2, 0.25) is 5.88 Å². The Balaban J connectivity index is 1.75. The summed E-state index contributed by atoms with van der Waals surface area (Å²) in [6.45, 7) is 0.918. The summed E-state index contributed by atoms with van der Waals surface area (Å²) >= 11 is 0. The molecule has 1 fully saturated rings. The van der Waals surface area contributed by atoms with Gasteiger partial charge in [0.05, 0.1) is 18.4 Å². The Morgan fingerprint density at radius 2 is 1.87 bits per heavy atom. The average Bonchev–Trinajstić information content (AvgIpc) is 2.44. The van der Waals surface area contributed by atoms with Crippen molar-refractivity contribution in [3.05, 3.63) is 47.7 Å². The number of benzene rings is 1. The van der Waals surface area contributed by atoms with Crippen LogP contribution < -0.4 is 9.64 Å². The Kier molecular flexibility index (Phi) is 3.83. The lowest BCUT2D eigenvalue weighted by Gasteiger charge is -2.41. The van der Waals surface area contributed by atoms with Gasteiger partial charge in [0.25, 0.3) is 0 Å². The Hall–Kier alpha value is -2.38. The van der Waals surface area contributed by atoms with Gasteiger partial charge >= 0.3 is 6.18 Å². The van der Waals surface area contributed by atoms with Crippen LogP contribution in [0.4, 0.5) is 23.2 Å². The third-order valence-electron chi connectivity index (χ3n) is 3.75. The van der Waals surface area contributed by atoms with Crippen LogP contribution in [0.3, 0.4) is 0 Å². The summed E-state index contributed by atoms with van der Waals surface area (Å²) in [4.78, 5) is 9.72. The summed E-state index contributed by atoms with van der Waals surface area (Å²) in [5.74, 6) is -0.426. The van der Waals surface area contributed by atoms with Crippen LogP contribution in [-0.4, -0.2) is 30.2 Å². The molecule has 0 amide bonds. The van der Waals surface area contributed by atoms with E-state index in [-0.39, 0.29) is 11.6 Å². The van der Waals surface area contributed by atoms with E-state index in [9.17, 15) is 17.6 Å². The van der Waals surface area contributed by atoms with Crippen LogP contribution in [0, 0.1) is 5.82 Å². The molecule has 2 heterocycles. The van der Waals surface area contributed by atoms with E-state index in [1.807, 2.05) is 0 Å². The molecule has 0 aliphatic carbocycles. The normalized spacial score (nSPS) is 15.4. The first-order valence-electron chi connectivity index (χ1n) is 6.85. The number of alkyl halides is 3. The molecular formula is C15H13F4N3O. The molecule has 0 unspecified atom stereocenters. The van der Waals surface area contributed by atoms with Crippen molar-refractivity contribution in [2.24, 2.45) is 0 Å². The largest absolute Gasteiger partial charge is 0.481 e. The summed E-state index contributed by atoms with van der Waals surface area (Å²) in [5, 5.41) is 0. The number of halogens is 4. The fourth-order valence-electron chi connectivity index (χ4n) is 2.49. The molecule has 0 saturated carbocycles. The molecule has 3 rings (SSSR count). The highest BCUT2D eigenvalue weighted by Crippen LogP contribution is 2.36. The first-order chi connectivity index (χ1) is 10.9. The van der Waals surface area contributed by atoms with Crippen molar-refractivity contribution in [3.8, 4) is 5.88 Å². The van der Waals surface area contributed by atoms with Gasteiger partial charge in [0.1, 0.15) is 12.1 Å². The maximum absolute atomic E-state index is 13.4. The molecule has 0 spiro atoms. The molecule has 8 heteroatoms. The topological polar surface area (TPSA) is 38.2 Å². The minimum atomic E-state index is -4.57. The highest BCUT2D eigenvalue weighted by molar-refractivity contribution is 5.53. The number of hydrogen-bond donors (Lipinski definition) is 0. The molecule has 0 bridgehead atoms. The number of hydrogen-bond acceptors (Lipinski definition) is 4. The first-order valence-corrected chi connectivity index (χ1v) is 6.85. The zero-order chi connectivity index (χ0) is 16.6. The minimum Gasteiger partial charge on any atom is -0.481 e. The van der Waals surface area contributed by atoms with Gasteiger partial charge in [-0.1, -0.05) is 0 Å². The van der Waals surface area contributed by atoms with Gasteiger partial charge < -0.3 is 9.64 Å². The lowest BCUT2D eigenvalue weighted by atomic mass is 9.95. The molecule has 1 aliphatic heterocycles. The van der Waals surface area contributed by atoms with Crippen LogP contribution in [0.2, 0.25) is 0 Å². The van der Waals surface area contributed by atoms with Crippen LogP contribution in [-0.2, 0) is 6.18 Å². The van der Waals surface area contributed by atoms with E-state index in [2.05, 4.69) is 9.97 Å². The van der Waals surface area contributed by atoms with E-state index >= 15 is 0 Å². The Morgan fingerprint density at radius 3 is 2.52 bits per heavy atom. The van der Waals surface area contributed by atoms with Gasteiger partial charge in [0.15, 0.2) is 0 Å². The van der Waals surface area contributed by atoms with E-state index in [0.29, 0.717) is 25.0 Å². The zero-order valence-corrected chi connectivity index (χ0v) is 12.1. The highest BCUT2D eigenvalue weighted by atomic mass is 19.4. The molecule has 1 saturated heterocycles. The molecular weight excluding hydrogens is 314 g/mol. The van der Waals surface area contributed by atoms with E-state index in [0.717, 1.165) is 17.8 Å². The molecule has 1 aromatic heterocycles. The molecule has 4 nitrogen and oxygen atoms in total. The summed E-state index contributed by atoms with van der Waals surface area (Å²) in [6, 6.07) is 4.25. The molecule has 0 radical (unpaired) electrons. The van der Waals surface area contributed by atoms with Gasteiger partial charge in [-0.2, -0.15) is 13.2 Å². The first kappa shape index (κ1) is 15.5. The third kappa shape index (κ3) is 3.20. The number of nitrogens with zero attached hydrogens (tertiary/aromatic N) is 3. The number of aromatic nitrogens is 2. The van der Waals surface area contributed by atoms with Gasteiger partial charge in [0, 0.05) is 30.8 Å². The number of rotatable bonds is 3. The number of methoxy groups -OCH3 is 1. The second-order valence-corrected chi connectivity index (χ2v) is 5.28. The van der Waals surface area contributed by atoms with Crippen LogP contribution in [0.25, 0.3) is 0 Å². The smallest absolute Gasteiger partial charge is 0.416 e. The summed E-state index contributed by atoms with van der Waals surface area (Å²) in [6.07, 6.45) is -3.19. The van der Waals surface area contributed by atoms with Crippen LogP contribution in [0.5, 0.6) is 5.88 Å². The monoisotopic (exact) mass is 327 g/mol. The van der Waals surface area contributed by atoms with Gasteiger partial charge in [-0.3, -0.25) is 0 Å². The van der Waals surface area contributed by atoms with Crippen LogP contribution in [0.15, 0.2) is 30.6 Å². The van der Waals surface area contributed by atoms with E-state index in [1.54, 1.807) is 11.0 Å². The summed E-state index contributed by atoms with van der Waals surface area (Å²) < 4.78 is 56.7. The SMILES string of the molecule is COc1cc(C2CN(c3cc(F)cc(C(F)(F)F)c3)C2)ncn1. The quantitative estimate of drug-likeness (QED) is 0.811. The van der Waals surface area contributed by atoms with Crippen molar-refractivity contribution in [2.45, 2.75) is 12.1 Å². The molecule has 0 N–H and O–H groups in total. The standard InChI is InChI=1S/C15H13F4N3O/c1-23-14-5-13(20-8-21-14)9-6-22(7-9)12-3-10(15(17,18)19)2-11(16)4-12/h2-5,8-9H,6-7H2,1H3. The molecule has 23 heavy (non-hydrogen) atoms. The minimum absolute atomic E-state index is 0.0458. The maximum atomic E-state index is 13.4. The molecule has 1 aromatic carbocycles. The fraction of sp³-hybridized carbons (Fsp3) is 0.333. The van der Waals surface area contributed by atoms with Crippen LogP contribution >= 0.6 is 0 Å². The zero-order valence-electron chi connectivity index (χ0n) is 12.1. The average molecular weight is 327 g/mol. The Labute approximate surface area is 129 Å². The second-order valence-electron chi connectivity index (χ2n) is 5.28. The second kappa shape index (κ2) is 5.68. The van der Waals surface area contributed by atoms with Crippen molar-refractivity contribution in [1.29, 1.82) is 0 Å². The van der Waals surface area contributed by atoms with Crippen molar-refractivity contribution < 1.29 is 22.3 Å². The Morgan fingerprint density at radius 1 is 1.13 bits per heavy atom. The van der Waals surface area contributed by atoms with Crippen molar-refractivity contribution in [1.82, 2.24) is 9.97 Å². The predicted molar refractivity (Wildman–Crippen MR) is 74.9 cm³/mol. The fourth-order valence-corrected chi connectivity index (χ4v) is 2.49. The van der Waals surface area contributed by atoms with Crippen molar-refractivity contribution in [3.63, 3.8) is 0 Å². The highest BCUT2D eigenvalue weighted by Gasteiger charge is 2.34. The number of ether oxygens (including phenoxy) is 1. The van der Waals surface area contributed by atoms with E-state index < -0.39 is 17.6 Å². The summed E-state index contributed by atoms with van der Waals surface area (Å²) in [7, 11) is 1.49. The van der Waals surface area contributed by atoms with Gasteiger partial charge in [-0.05, 0) is 18.2 Å². The van der Waals surface area contributed by atoms with Gasteiger partial charge in [-0.15, -0.1) is 0 Å². The van der Waals surface area contributed by atoms with Crippen molar-refractivity contribution in [2.75, 3.05) is 25.1 Å². The summed E-state index contributed by atoms with van der Waals surface area (Å²) in [5.41, 5.74) is -0.0187. The van der Waals surface area contributed by atoms with E-state index in [4.69, 9.17) is 4.74 Å². The maximum Gasteiger partial charge on any atom is 0.416 e. The molecule has 2 aromatic rings.